The molecular formula is C25H40O4. The first-order valence-corrected chi connectivity index (χ1v) is 11.5. The molecule has 164 valence electrons. The lowest BCUT2D eigenvalue weighted by molar-refractivity contribution is 0.0427. The van der Waals surface area contributed by atoms with Crippen LogP contribution in [0, 0.1) is 5.92 Å². The highest BCUT2D eigenvalue weighted by Crippen LogP contribution is 2.14. The molecule has 0 aliphatic heterocycles. The fourth-order valence-corrected chi connectivity index (χ4v) is 3.17. The van der Waals surface area contributed by atoms with Crippen LogP contribution < -0.4 is 0 Å². The molecule has 4 nitrogen and oxygen atoms in total. The van der Waals surface area contributed by atoms with Crippen LogP contribution in [0.15, 0.2) is 24.3 Å². The van der Waals surface area contributed by atoms with Gasteiger partial charge in [0, 0.05) is 0 Å². The summed E-state index contributed by atoms with van der Waals surface area (Å²) in [6.45, 7) is 6.92. The van der Waals surface area contributed by atoms with E-state index >= 15 is 0 Å². The Hall–Kier alpha value is -1.84. The van der Waals surface area contributed by atoms with Crippen LogP contribution in [0.5, 0.6) is 0 Å². The van der Waals surface area contributed by atoms with Crippen molar-refractivity contribution < 1.29 is 19.1 Å². The molecule has 1 rings (SSSR count). The lowest BCUT2D eigenvalue weighted by atomic mass is 10.1. The van der Waals surface area contributed by atoms with E-state index in [4.69, 9.17) is 9.47 Å². The van der Waals surface area contributed by atoms with Crippen LogP contribution in [0.3, 0.4) is 0 Å². The molecule has 0 spiro atoms. The number of hydrogen-bond donors (Lipinski definition) is 0. The lowest BCUT2D eigenvalue weighted by Crippen LogP contribution is -2.16. The van der Waals surface area contributed by atoms with Crippen LogP contribution in [-0.2, 0) is 9.47 Å². The molecular weight excluding hydrogens is 364 g/mol. The minimum absolute atomic E-state index is 0.249. The fraction of sp³-hybridized carbons (Fsp3) is 0.680. The number of hydrogen-bond acceptors (Lipinski definition) is 4. The zero-order valence-corrected chi connectivity index (χ0v) is 18.7. The van der Waals surface area contributed by atoms with Gasteiger partial charge in [-0.2, -0.15) is 0 Å². The third-order valence-electron chi connectivity index (χ3n) is 4.90. The van der Waals surface area contributed by atoms with E-state index in [0.717, 1.165) is 12.8 Å². The highest BCUT2D eigenvalue weighted by Gasteiger charge is 2.19. The molecule has 0 saturated carbocycles. The second-order valence-corrected chi connectivity index (χ2v) is 8.21. The van der Waals surface area contributed by atoms with E-state index in [-0.39, 0.29) is 17.0 Å². The quantitative estimate of drug-likeness (QED) is 0.220. The molecule has 1 aromatic carbocycles. The average molecular weight is 405 g/mol. The summed E-state index contributed by atoms with van der Waals surface area (Å²) < 4.78 is 10.6. The van der Waals surface area contributed by atoms with Crippen molar-refractivity contribution >= 4 is 11.9 Å². The largest absolute Gasteiger partial charge is 0.462 e. The Morgan fingerprint density at radius 2 is 1.17 bits per heavy atom. The fourth-order valence-electron chi connectivity index (χ4n) is 3.17. The smallest absolute Gasteiger partial charge is 0.339 e. The Kier molecular flexibility index (Phi) is 13.9. The van der Waals surface area contributed by atoms with E-state index in [1.165, 1.54) is 57.8 Å². The van der Waals surface area contributed by atoms with Crippen LogP contribution in [0.25, 0.3) is 0 Å². The summed E-state index contributed by atoms with van der Waals surface area (Å²) in [5.74, 6) is -0.672. The molecule has 0 aliphatic carbocycles. The molecule has 0 fully saturated rings. The molecule has 29 heavy (non-hydrogen) atoms. The summed E-state index contributed by atoms with van der Waals surface area (Å²) in [7, 11) is 0. The molecule has 0 N–H and O–H groups in total. The number of carbonyl (C=O) groups is 2. The third-order valence-corrected chi connectivity index (χ3v) is 4.90. The highest BCUT2D eigenvalue weighted by molar-refractivity contribution is 6.03. The Balaban J connectivity index is 2.20. The van der Waals surface area contributed by atoms with Crippen LogP contribution in [-0.4, -0.2) is 25.2 Å². The number of benzene rings is 1. The first kappa shape index (κ1) is 25.2. The minimum atomic E-state index is -0.471. The highest BCUT2D eigenvalue weighted by atomic mass is 16.5. The molecule has 0 saturated heterocycles. The number of rotatable bonds is 16. The minimum Gasteiger partial charge on any atom is -0.462 e. The van der Waals surface area contributed by atoms with E-state index in [1.54, 1.807) is 24.3 Å². The lowest BCUT2D eigenvalue weighted by Gasteiger charge is -2.11. The van der Waals surface area contributed by atoms with E-state index in [2.05, 4.69) is 6.92 Å². The molecule has 0 amide bonds. The van der Waals surface area contributed by atoms with Crippen molar-refractivity contribution in [3.63, 3.8) is 0 Å². The van der Waals surface area contributed by atoms with Gasteiger partial charge in [-0.1, -0.05) is 97.1 Å². The summed E-state index contributed by atoms with van der Waals surface area (Å²) in [6.07, 6.45) is 13.8. The molecule has 0 radical (unpaired) electrons. The Labute approximate surface area is 177 Å². The van der Waals surface area contributed by atoms with Gasteiger partial charge in [-0.15, -0.1) is 0 Å². The normalized spacial score (nSPS) is 10.9. The molecule has 0 aliphatic rings. The van der Waals surface area contributed by atoms with Gasteiger partial charge in [-0.3, -0.25) is 0 Å². The van der Waals surface area contributed by atoms with Gasteiger partial charge in [-0.05, 0) is 24.5 Å². The number of esters is 2. The first-order chi connectivity index (χ1) is 14.1. The van der Waals surface area contributed by atoms with Gasteiger partial charge in [0.25, 0.3) is 0 Å². The van der Waals surface area contributed by atoms with Crippen LogP contribution in [0.4, 0.5) is 0 Å². The van der Waals surface area contributed by atoms with Crippen molar-refractivity contribution in [2.45, 2.75) is 91.4 Å². The summed E-state index contributed by atoms with van der Waals surface area (Å²) in [6, 6.07) is 6.70. The second-order valence-electron chi connectivity index (χ2n) is 8.21. The van der Waals surface area contributed by atoms with E-state index in [0.29, 0.717) is 13.2 Å². The standard InChI is InChI=1S/C25H40O4/c1-4-5-6-7-8-9-10-11-12-13-16-19-28-24(26)22-17-14-15-18-23(22)25(27)29-20-21(2)3/h14-15,17-18,21H,4-13,16,19-20H2,1-3H3. The van der Waals surface area contributed by atoms with Crippen molar-refractivity contribution in [2.24, 2.45) is 5.92 Å². The maximum absolute atomic E-state index is 12.4. The zero-order valence-electron chi connectivity index (χ0n) is 18.7. The number of carbonyl (C=O) groups excluding carboxylic acids is 2. The van der Waals surface area contributed by atoms with Crippen molar-refractivity contribution in [1.29, 1.82) is 0 Å². The summed E-state index contributed by atoms with van der Waals surface area (Å²) in [5.41, 5.74) is 0.557. The summed E-state index contributed by atoms with van der Waals surface area (Å²) >= 11 is 0. The van der Waals surface area contributed by atoms with Gasteiger partial charge in [0.1, 0.15) is 0 Å². The average Bonchev–Trinajstić information content (AvgIpc) is 2.72. The van der Waals surface area contributed by atoms with Crippen molar-refractivity contribution in [3.05, 3.63) is 35.4 Å². The SMILES string of the molecule is CCCCCCCCCCCCCOC(=O)c1ccccc1C(=O)OCC(C)C. The van der Waals surface area contributed by atoms with Gasteiger partial charge in [0.05, 0.1) is 24.3 Å². The van der Waals surface area contributed by atoms with E-state index < -0.39 is 11.9 Å². The Morgan fingerprint density at radius 1 is 0.724 bits per heavy atom. The predicted molar refractivity (Wildman–Crippen MR) is 118 cm³/mol. The van der Waals surface area contributed by atoms with Crippen molar-refractivity contribution in [3.8, 4) is 0 Å². The van der Waals surface area contributed by atoms with Crippen LogP contribution in [0.1, 0.15) is 112 Å². The number of ether oxygens (including phenoxy) is 2. The molecule has 1 aromatic rings. The van der Waals surface area contributed by atoms with Crippen LogP contribution in [0.2, 0.25) is 0 Å². The van der Waals surface area contributed by atoms with Gasteiger partial charge in [-0.25, -0.2) is 9.59 Å². The maximum atomic E-state index is 12.4. The predicted octanol–water partition coefficient (Wildman–Crippen LogP) is 6.97. The van der Waals surface area contributed by atoms with Gasteiger partial charge in [0.15, 0.2) is 0 Å². The Morgan fingerprint density at radius 3 is 1.66 bits per heavy atom. The van der Waals surface area contributed by atoms with Crippen molar-refractivity contribution in [1.82, 2.24) is 0 Å². The monoisotopic (exact) mass is 404 g/mol. The van der Waals surface area contributed by atoms with Gasteiger partial charge < -0.3 is 9.47 Å². The van der Waals surface area contributed by atoms with E-state index in [1.807, 2.05) is 13.8 Å². The molecule has 0 atom stereocenters. The van der Waals surface area contributed by atoms with Crippen molar-refractivity contribution in [2.75, 3.05) is 13.2 Å². The third kappa shape index (κ3) is 11.7. The Bertz CT molecular complexity index is 580. The first-order valence-electron chi connectivity index (χ1n) is 11.5. The van der Waals surface area contributed by atoms with Gasteiger partial charge in [0.2, 0.25) is 0 Å². The maximum Gasteiger partial charge on any atom is 0.339 e. The van der Waals surface area contributed by atoms with Gasteiger partial charge >= 0.3 is 11.9 Å². The summed E-state index contributed by atoms with van der Waals surface area (Å²) in [4.78, 5) is 24.6. The molecule has 0 bridgehead atoms. The second kappa shape index (κ2) is 16.0. The molecule has 0 heterocycles. The molecule has 0 aromatic heterocycles. The zero-order chi connectivity index (χ0) is 21.3. The van der Waals surface area contributed by atoms with Crippen LogP contribution >= 0.6 is 0 Å². The number of unbranched alkanes of at least 4 members (excludes halogenated alkanes) is 10. The summed E-state index contributed by atoms with van der Waals surface area (Å²) in [5, 5.41) is 0. The van der Waals surface area contributed by atoms with E-state index in [9.17, 15) is 9.59 Å². The molecule has 0 unspecified atom stereocenters. The topological polar surface area (TPSA) is 52.6 Å². The molecule has 4 heteroatoms.